The third-order valence-electron chi connectivity index (χ3n) is 6.95. The van der Waals surface area contributed by atoms with Gasteiger partial charge in [-0.15, -0.1) is 0 Å². The highest BCUT2D eigenvalue weighted by atomic mass is 16.3. The third-order valence-corrected chi connectivity index (χ3v) is 6.95. The molecule has 3 fully saturated rings. The predicted molar refractivity (Wildman–Crippen MR) is 103 cm³/mol. The van der Waals surface area contributed by atoms with Crippen molar-refractivity contribution < 1.29 is 5.11 Å². The number of aromatic hydroxyl groups is 1. The van der Waals surface area contributed by atoms with Crippen LogP contribution in [-0.4, -0.2) is 41.7 Å². The Morgan fingerprint density at radius 1 is 0.920 bits per heavy atom. The summed E-state index contributed by atoms with van der Waals surface area (Å²) in [6.45, 7) is 3.62. The highest BCUT2D eigenvalue weighted by molar-refractivity contribution is 5.29. The number of phenolic OH excluding ortho intramolecular Hbond substituents is 1. The van der Waals surface area contributed by atoms with Crippen molar-refractivity contribution in [3.05, 3.63) is 29.8 Å². The summed E-state index contributed by atoms with van der Waals surface area (Å²) >= 11 is 0. The van der Waals surface area contributed by atoms with E-state index in [-0.39, 0.29) is 0 Å². The molecule has 3 nitrogen and oxygen atoms in total. The van der Waals surface area contributed by atoms with Gasteiger partial charge >= 0.3 is 0 Å². The van der Waals surface area contributed by atoms with Gasteiger partial charge in [-0.05, 0) is 74.6 Å². The average molecular weight is 343 g/mol. The van der Waals surface area contributed by atoms with E-state index in [2.05, 4.69) is 22.3 Å². The zero-order valence-electron chi connectivity index (χ0n) is 15.5. The molecule has 0 amide bonds. The first-order chi connectivity index (χ1) is 12.3. The first kappa shape index (κ1) is 17.4. The lowest BCUT2D eigenvalue weighted by molar-refractivity contribution is 0.127. The topological polar surface area (TPSA) is 35.5 Å². The zero-order chi connectivity index (χ0) is 17.1. The number of nitrogens with one attached hydrogen (secondary N) is 1. The van der Waals surface area contributed by atoms with Crippen molar-refractivity contribution in [3.63, 3.8) is 0 Å². The highest BCUT2D eigenvalue weighted by Gasteiger charge is 2.40. The average Bonchev–Trinajstić information content (AvgIpc) is 2.88. The molecule has 2 aliphatic heterocycles. The van der Waals surface area contributed by atoms with E-state index in [1.807, 2.05) is 12.1 Å². The van der Waals surface area contributed by atoms with Gasteiger partial charge in [0.05, 0.1) is 0 Å². The normalized spacial score (nSPS) is 30.6. The van der Waals surface area contributed by atoms with Crippen molar-refractivity contribution in [2.45, 2.75) is 75.8 Å². The van der Waals surface area contributed by atoms with Crippen LogP contribution >= 0.6 is 0 Å². The fraction of sp³-hybridized carbons (Fsp3) is 0.727. The minimum Gasteiger partial charge on any atom is -0.508 e. The Labute approximate surface area is 152 Å². The summed E-state index contributed by atoms with van der Waals surface area (Å²) in [5.41, 5.74) is 1.42. The van der Waals surface area contributed by atoms with E-state index in [0.717, 1.165) is 24.5 Å². The van der Waals surface area contributed by atoms with E-state index in [1.165, 1.54) is 76.4 Å². The molecule has 0 spiro atoms. The maximum Gasteiger partial charge on any atom is 0.115 e. The van der Waals surface area contributed by atoms with Gasteiger partial charge in [0, 0.05) is 25.2 Å². The SMILES string of the molecule is Oc1ccc(C2CC3CCC(C2)N3CCNCC2CCCCC2)cc1. The van der Waals surface area contributed by atoms with Crippen molar-refractivity contribution in [1.29, 1.82) is 0 Å². The lowest BCUT2D eigenvalue weighted by atomic mass is 9.85. The summed E-state index contributed by atoms with van der Waals surface area (Å²) in [5.74, 6) is 2.00. The lowest BCUT2D eigenvalue weighted by Crippen LogP contribution is -2.45. The summed E-state index contributed by atoms with van der Waals surface area (Å²) in [5, 5.41) is 13.3. The lowest BCUT2D eigenvalue weighted by Gasteiger charge is -2.39. The van der Waals surface area contributed by atoms with Crippen LogP contribution in [0.15, 0.2) is 24.3 Å². The van der Waals surface area contributed by atoms with E-state index in [9.17, 15) is 5.11 Å². The number of fused-ring (bicyclic) bond motifs is 2. The zero-order valence-corrected chi connectivity index (χ0v) is 15.5. The second-order valence-electron chi connectivity index (χ2n) is 8.59. The standard InChI is InChI=1S/C22H34N2O/c25-22-10-6-18(7-11-22)19-14-20-8-9-21(15-19)24(20)13-12-23-16-17-4-2-1-3-5-17/h6-7,10-11,17,19-21,23,25H,1-5,8-9,12-16H2. The number of piperidine rings is 1. The van der Waals surface area contributed by atoms with Crippen LogP contribution in [0.3, 0.4) is 0 Å². The van der Waals surface area contributed by atoms with Gasteiger partial charge in [0.1, 0.15) is 5.75 Å². The molecule has 3 heteroatoms. The van der Waals surface area contributed by atoms with Crippen LogP contribution in [0.5, 0.6) is 5.75 Å². The molecule has 0 aromatic heterocycles. The van der Waals surface area contributed by atoms with Crippen molar-refractivity contribution in [3.8, 4) is 5.75 Å². The number of hydrogen-bond acceptors (Lipinski definition) is 3. The second kappa shape index (κ2) is 8.09. The molecule has 2 heterocycles. The molecular formula is C22H34N2O. The van der Waals surface area contributed by atoms with E-state index < -0.39 is 0 Å². The molecule has 1 aromatic carbocycles. The molecule has 2 saturated heterocycles. The Morgan fingerprint density at radius 3 is 2.28 bits per heavy atom. The predicted octanol–water partition coefficient (Wildman–Crippen LogP) is 4.27. The maximum absolute atomic E-state index is 9.51. The Kier molecular flexibility index (Phi) is 5.62. The summed E-state index contributed by atoms with van der Waals surface area (Å²) in [6, 6.07) is 9.49. The Balaban J connectivity index is 1.24. The van der Waals surface area contributed by atoms with Gasteiger partial charge in [0.2, 0.25) is 0 Å². The first-order valence-corrected chi connectivity index (χ1v) is 10.5. The minimum absolute atomic E-state index is 0.383. The monoisotopic (exact) mass is 342 g/mol. The molecule has 2 N–H and O–H groups in total. The molecule has 25 heavy (non-hydrogen) atoms. The summed E-state index contributed by atoms with van der Waals surface area (Å²) < 4.78 is 0. The number of hydrogen-bond donors (Lipinski definition) is 2. The van der Waals surface area contributed by atoms with Gasteiger partial charge in [-0.1, -0.05) is 31.4 Å². The number of nitrogens with zero attached hydrogens (tertiary/aromatic N) is 1. The van der Waals surface area contributed by atoms with E-state index in [0.29, 0.717) is 11.7 Å². The minimum atomic E-state index is 0.383. The van der Waals surface area contributed by atoms with Crippen molar-refractivity contribution >= 4 is 0 Å². The van der Waals surface area contributed by atoms with Gasteiger partial charge in [0.15, 0.2) is 0 Å². The molecule has 1 saturated carbocycles. The molecule has 2 bridgehead atoms. The van der Waals surface area contributed by atoms with Crippen LogP contribution < -0.4 is 5.32 Å². The summed E-state index contributed by atoms with van der Waals surface area (Å²) in [4.78, 5) is 2.80. The van der Waals surface area contributed by atoms with Crippen LogP contribution in [0.1, 0.15) is 69.3 Å². The Bertz CT molecular complexity index is 523. The molecule has 3 aliphatic rings. The van der Waals surface area contributed by atoms with Gasteiger partial charge in [0.25, 0.3) is 0 Å². The molecule has 2 unspecified atom stereocenters. The largest absolute Gasteiger partial charge is 0.508 e. The molecule has 138 valence electrons. The Hall–Kier alpha value is -1.06. The van der Waals surface area contributed by atoms with Crippen LogP contribution in [-0.2, 0) is 0 Å². The third kappa shape index (κ3) is 4.20. The van der Waals surface area contributed by atoms with Crippen molar-refractivity contribution in [2.75, 3.05) is 19.6 Å². The van der Waals surface area contributed by atoms with E-state index >= 15 is 0 Å². The van der Waals surface area contributed by atoms with Crippen LogP contribution in [0.4, 0.5) is 0 Å². The summed E-state index contributed by atoms with van der Waals surface area (Å²) in [6.07, 6.45) is 12.6. The molecule has 4 rings (SSSR count). The molecule has 1 aliphatic carbocycles. The molecule has 0 radical (unpaired) electrons. The molecule has 1 aromatic rings. The summed E-state index contributed by atoms with van der Waals surface area (Å²) in [7, 11) is 0. The van der Waals surface area contributed by atoms with Gasteiger partial charge in [-0.25, -0.2) is 0 Å². The number of benzene rings is 1. The van der Waals surface area contributed by atoms with Gasteiger partial charge in [-0.2, -0.15) is 0 Å². The van der Waals surface area contributed by atoms with Crippen LogP contribution in [0, 0.1) is 5.92 Å². The number of phenols is 1. The number of rotatable bonds is 6. The van der Waals surface area contributed by atoms with E-state index in [1.54, 1.807) is 0 Å². The quantitative estimate of drug-likeness (QED) is 0.758. The van der Waals surface area contributed by atoms with E-state index in [4.69, 9.17) is 0 Å². The van der Waals surface area contributed by atoms with Gasteiger partial charge < -0.3 is 10.4 Å². The van der Waals surface area contributed by atoms with Crippen molar-refractivity contribution in [2.24, 2.45) is 5.92 Å². The highest BCUT2D eigenvalue weighted by Crippen LogP contribution is 2.42. The smallest absolute Gasteiger partial charge is 0.115 e. The Morgan fingerprint density at radius 2 is 1.60 bits per heavy atom. The molecule has 2 atom stereocenters. The van der Waals surface area contributed by atoms with Crippen molar-refractivity contribution in [1.82, 2.24) is 10.2 Å². The fourth-order valence-electron chi connectivity index (χ4n) is 5.56. The first-order valence-electron chi connectivity index (χ1n) is 10.5. The maximum atomic E-state index is 9.51. The van der Waals surface area contributed by atoms with Crippen LogP contribution in [0.25, 0.3) is 0 Å². The second-order valence-corrected chi connectivity index (χ2v) is 8.59. The van der Waals surface area contributed by atoms with Gasteiger partial charge in [-0.3, -0.25) is 4.90 Å². The fourth-order valence-corrected chi connectivity index (χ4v) is 5.56. The van der Waals surface area contributed by atoms with Crippen LogP contribution in [0.2, 0.25) is 0 Å². The molecular weight excluding hydrogens is 308 g/mol.